The van der Waals surface area contributed by atoms with Crippen molar-refractivity contribution in [3.63, 3.8) is 0 Å². The zero-order chi connectivity index (χ0) is 8.97. The van der Waals surface area contributed by atoms with Gasteiger partial charge in [0, 0.05) is 0 Å². The molecule has 12 heavy (non-hydrogen) atoms. The van der Waals surface area contributed by atoms with Crippen molar-refractivity contribution in [3.8, 4) is 0 Å². The second-order valence-corrected chi connectivity index (χ2v) is 3.36. The topological polar surface area (TPSA) is 46.5 Å². The number of aliphatic imine (C=N–C) groups is 1. The lowest BCUT2D eigenvalue weighted by atomic mass is 9.86. The van der Waals surface area contributed by atoms with E-state index in [4.69, 9.17) is 11.6 Å². The quantitative estimate of drug-likeness (QED) is 0.375. The fourth-order valence-corrected chi connectivity index (χ4v) is 1.85. The minimum atomic E-state index is -0.376. The fourth-order valence-electron chi connectivity index (χ4n) is 1.60. The molecule has 0 aliphatic heterocycles. The van der Waals surface area contributed by atoms with Gasteiger partial charge in [0.25, 0.3) is 0 Å². The number of rotatable bonds is 2. The highest BCUT2D eigenvalue weighted by Crippen LogP contribution is 2.28. The molecule has 0 radical (unpaired) electrons. The second kappa shape index (κ2) is 4.39. The molecule has 1 fully saturated rings. The lowest BCUT2D eigenvalue weighted by molar-refractivity contribution is -0.116. The molecule has 2 unspecified atom stereocenters. The first-order chi connectivity index (χ1) is 5.75. The first-order valence-electron chi connectivity index (χ1n) is 4.02. The van der Waals surface area contributed by atoms with Gasteiger partial charge in [-0.1, -0.05) is 12.8 Å². The number of isocyanates is 1. The Balaban J connectivity index is 2.66. The second-order valence-electron chi connectivity index (χ2n) is 2.98. The predicted octanol–water partition coefficient (Wildman–Crippen LogP) is 1.65. The standard InChI is InChI=1S/C8H10ClNO2/c9-8(12)6-3-1-2-4-7(6)10-5-11/h6-7H,1-4H2. The third-order valence-corrected chi connectivity index (χ3v) is 2.52. The Hall–Kier alpha value is -0.660. The Morgan fingerprint density at radius 3 is 2.67 bits per heavy atom. The molecular formula is C8H10ClNO2. The van der Waals surface area contributed by atoms with Gasteiger partial charge in [-0.05, 0) is 24.4 Å². The summed E-state index contributed by atoms with van der Waals surface area (Å²) in [6.07, 6.45) is 5.02. The van der Waals surface area contributed by atoms with Crippen molar-refractivity contribution in [1.82, 2.24) is 0 Å². The summed E-state index contributed by atoms with van der Waals surface area (Å²) in [5.41, 5.74) is 0. The third-order valence-electron chi connectivity index (χ3n) is 2.24. The molecule has 1 aliphatic rings. The van der Waals surface area contributed by atoms with Crippen LogP contribution >= 0.6 is 11.6 Å². The van der Waals surface area contributed by atoms with E-state index in [0.717, 1.165) is 25.7 Å². The maximum absolute atomic E-state index is 10.9. The van der Waals surface area contributed by atoms with Crippen molar-refractivity contribution in [2.24, 2.45) is 10.9 Å². The van der Waals surface area contributed by atoms with Crippen molar-refractivity contribution in [2.75, 3.05) is 0 Å². The average Bonchev–Trinajstić information content (AvgIpc) is 2.05. The normalized spacial score (nSPS) is 29.1. The van der Waals surface area contributed by atoms with Gasteiger partial charge in [-0.2, -0.15) is 0 Å². The molecule has 0 amide bonds. The van der Waals surface area contributed by atoms with E-state index in [-0.39, 0.29) is 17.2 Å². The van der Waals surface area contributed by atoms with Gasteiger partial charge in [-0.3, -0.25) is 4.79 Å². The summed E-state index contributed by atoms with van der Waals surface area (Å²) in [4.78, 5) is 24.4. The molecule has 0 N–H and O–H groups in total. The highest BCUT2D eigenvalue weighted by molar-refractivity contribution is 6.64. The molecule has 0 aromatic carbocycles. The van der Waals surface area contributed by atoms with Crippen LogP contribution < -0.4 is 0 Å². The Bertz CT molecular complexity index is 213. The van der Waals surface area contributed by atoms with Gasteiger partial charge in [0.1, 0.15) is 0 Å². The van der Waals surface area contributed by atoms with Crippen molar-refractivity contribution >= 4 is 22.9 Å². The molecule has 0 aromatic heterocycles. The number of hydrogen-bond donors (Lipinski definition) is 0. The van der Waals surface area contributed by atoms with E-state index in [1.165, 1.54) is 6.08 Å². The van der Waals surface area contributed by atoms with Gasteiger partial charge in [-0.25, -0.2) is 9.79 Å². The van der Waals surface area contributed by atoms with Crippen molar-refractivity contribution in [2.45, 2.75) is 31.7 Å². The van der Waals surface area contributed by atoms with Crippen LogP contribution in [0, 0.1) is 5.92 Å². The molecule has 0 heterocycles. The van der Waals surface area contributed by atoms with Crippen LogP contribution in [0.5, 0.6) is 0 Å². The summed E-state index contributed by atoms with van der Waals surface area (Å²) in [6, 6.07) is -0.221. The van der Waals surface area contributed by atoms with Gasteiger partial charge in [-0.15, -0.1) is 0 Å². The van der Waals surface area contributed by atoms with Crippen LogP contribution in [-0.4, -0.2) is 17.4 Å². The molecule has 0 saturated heterocycles. The van der Waals surface area contributed by atoms with Crippen LogP contribution in [0.15, 0.2) is 4.99 Å². The number of carbonyl (C=O) groups excluding carboxylic acids is 2. The lowest BCUT2D eigenvalue weighted by Gasteiger charge is -2.23. The van der Waals surface area contributed by atoms with Crippen LogP contribution in [0.2, 0.25) is 0 Å². The van der Waals surface area contributed by atoms with Gasteiger partial charge >= 0.3 is 0 Å². The molecule has 1 rings (SSSR count). The minimum absolute atomic E-state index is 0.221. The van der Waals surface area contributed by atoms with Crippen molar-refractivity contribution < 1.29 is 9.59 Å². The molecule has 1 saturated carbocycles. The van der Waals surface area contributed by atoms with Crippen molar-refractivity contribution in [1.29, 1.82) is 0 Å². The fraction of sp³-hybridized carbons (Fsp3) is 0.750. The largest absolute Gasteiger partial charge is 0.281 e. The van der Waals surface area contributed by atoms with E-state index in [9.17, 15) is 9.59 Å². The number of nitrogens with zero attached hydrogens (tertiary/aromatic N) is 1. The Morgan fingerprint density at radius 2 is 2.08 bits per heavy atom. The summed E-state index contributed by atoms with van der Waals surface area (Å²) >= 11 is 5.36. The summed E-state index contributed by atoms with van der Waals surface area (Å²) in [7, 11) is 0. The molecule has 0 aromatic rings. The van der Waals surface area contributed by atoms with Gasteiger partial charge in [0.05, 0.1) is 12.0 Å². The maximum atomic E-state index is 10.9. The predicted molar refractivity (Wildman–Crippen MR) is 44.7 cm³/mol. The smallest absolute Gasteiger partial charge is 0.235 e. The zero-order valence-electron chi connectivity index (χ0n) is 6.62. The molecule has 3 nitrogen and oxygen atoms in total. The summed E-state index contributed by atoms with van der Waals surface area (Å²) in [6.45, 7) is 0. The molecular weight excluding hydrogens is 178 g/mol. The van der Waals surface area contributed by atoms with Crippen molar-refractivity contribution in [3.05, 3.63) is 0 Å². The third kappa shape index (κ3) is 2.16. The van der Waals surface area contributed by atoms with E-state index in [0.29, 0.717) is 0 Å². The summed E-state index contributed by atoms with van der Waals surface area (Å²) in [5.74, 6) is -0.262. The SMILES string of the molecule is O=C=NC1CCCCC1C(=O)Cl. The summed E-state index contributed by atoms with van der Waals surface area (Å²) in [5, 5.41) is -0.376. The monoisotopic (exact) mass is 187 g/mol. The minimum Gasteiger partial charge on any atom is -0.281 e. The first-order valence-corrected chi connectivity index (χ1v) is 4.40. The van der Waals surface area contributed by atoms with Crippen LogP contribution in [0.4, 0.5) is 0 Å². The van der Waals surface area contributed by atoms with Gasteiger partial charge < -0.3 is 0 Å². The van der Waals surface area contributed by atoms with Gasteiger partial charge in [0.2, 0.25) is 11.3 Å². The molecule has 0 spiro atoms. The Kier molecular flexibility index (Phi) is 3.45. The van der Waals surface area contributed by atoms with E-state index >= 15 is 0 Å². The van der Waals surface area contributed by atoms with E-state index < -0.39 is 0 Å². The molecule has 2 atom stereocenters. The van der Waals surface area contributed by atoms with Crippen LogP contribution in [0.25, 0.3) is 0 Å². The molecule has 1 aliphatic carbocycles. The number of halogens is 1. The molecule has 4 heteroatoms. The lowest BCUT2D eigenvalue weighted by Crippen LogP contribution is -2.27. The average molecular weight is 188 g/mol. The van der Waals surface area contributed by atoms with Crippen LogP contribution in [0.1, 0.15) is 25.7 Å². The highest BCUT2D eigenvalue weighted by atomic mass is 35.5. The number of carbonyl (C=O) groups is 1. The molecule has 0 bridgehead atoms. The Morgan fingerprint density at radius 1 is 1.42 bits per heavy atom. The number of hydrogen-bond acceptors (Lipinski definition) is 3. The highest BCUT2D eigenvalue weighted by Gasteiger charge is 2.29. The zero-order valence-corrected chi connectivity index (χ0v) is 7.38. The van der Waals surface area contributed by atoms with Crippen LogP contribution in [-0.2, 0) is 9.59 Å². The molecule has 66 valence electrons. The van der Waals surface area contributed by atoms with Crippen LogP contribution in [0.3, 0.4) is 0 Å². The van der Waals surface area contributed by atoms with E-state index in [2.05, 4.69) is 4.99 Å². The van der Waals surface area contributed by atoms with E-state index in [1.54, 1.807) is 0 Å². The van der Waals surface area contributed by atoms with Gasteiger partial charge in [0.15, 0.2) is 0 Å². The Labute approximate surface area is 75.8 Å². The summed E-state index contributed by atoms with van der Waals surface area (Å²) < 4.78 is 0. The maximum Gasteiger partial charge on any atom is 0.235 e. The first kappa shape index (κ1) is 9.43. The van der Waals surface area contributed by atoms with E-state index in [1.807, 2.05) is 0 Å².